The fourth-order valence-electron chi connectivity index (χ4n) is 2.02. The zero-order valence-corrected chi connectivity index (χ0v) is 6.36. The number of hydrogen-bond donors (Lipinski definition) is 3. The maximum atomic E-state index is 8.88. The first-order valence-electron chi connectivity index (χ1n) is 3.97. The molecular formula is C7H14N2O2. The van der Waals surface area contributed by atoms with Crippen molar-refractivity contribution in [3.05, 3.63) is 0 Å². The Hall–Kier alpha value is -0.160. The van der Waals surface area contributed by atoms with E-state index in [9.17, 15) is 0 Å². The van der Waals surface area contributed by atoms with E-state index >= 15 is 0 Å². The van der Waals surface area contributed by atoms with Crippen LogP contribution in [0.15, 0.2) is 0 Å². The van der Waals surface area contributed by atoms with Gasteiger partial charge < -0.3 is 21.3 Å². The van der Waals surface area contributed by atoms with Crippen LogP contribution in [-0.2, 0) is 4.74 Å². The smallest absolute Gasteiger partial charge is 0.0869 e. The maximum Gasteiger partial charge on any atom is 0.0869 e. The molecular weight excluding hydrogens is 144 g/mol. The number of rotatable bonds is 2. The van der Waals surface area contributed by atoms with Crippen LogP contribution in [-0.4, -0.2) is 36.0 Å². The van der Waals surface area contributed by atoms with Gasteiger partial charge in [-0.15, -0.1) is 0 Å². The lowest BCUT2D eigenvalue weighted by Crippen LogP contribution is -2.42. The lowest BCUT2D eigenvalue weighted by molar-refractivity contribution is 0.00987. The molecule has 1 saturated heterocycles. The topological polar surface area (TPSA) is 81.5 Å². The molecule has 1 aliphatic heterocycles. The molecule has 4 atom stereocenters. The van der Waals surface area contributed by atoms with Gasteiger partial charge in [0.25, 0.3) is 0 Å². The highest BCUT2D eigenvalue weighted by atomic mass is 16.5. The van der Waals surface area contributed by atoms with E-state index in [4.69, 9.17) is 21.3 Å². The zero-order chi connectivity index (χ0) is 8.06. The average molecular weight is 158 g/mol. The van der Waals surface area contributed by atoms with E-state index in [1.54, 1.807) is 0 Å². The van der Waals surface area contributed by atoms with Gasteiger partial charge in [0.15, 0.2) is 0 Å². The van der Waals surface area contributed by atoms with Gasteiger partial charge in [-0.3, -0.25) is 0 Å². The summed E-state index contributed by atoms with van der Waals surface area (Å²) in [7, 11) is 0. The van der Waals surface area contributed by atoms with Crippen molar-refractivity contribution in [2.45, 2.75) is 24.2 Å². The highest BCUT2D eigenvalue weighted by Crippen LogP contribution is 2.51. The third kappa shape index (κ3) is 0.840. The lowest BCUT2D eigenvalue weighted by Gasteiger charge is -2.21. The van der Waals surface area contributed by atoms with Gasteiger partial charge in [0.2, 0.25) is 0 Å². The summed E-state index contributed by atoms with van der Waals surface area (Å²) >= 11 is 0. The van der Waals surface area contributed by atoms with Crippen molar-refractivity contribution in [3.63, 3.8) is 0 Å². The first kappa shape index (κ1) is 7.49. The Morgan fingerprint density at radius 3 is 2.82 bits per heavy atom. The standard InChI is InChI=1S/C7H14N2O2/c8-2-4-5(3-10)11-6-1-7(4,6)9/h4-6,10H,1-3,8-9H2/t4?,5-,6+,7?/m1/s1. The molecule has 5 N–H and O–H groups in total. The largest absolute Gasteiger partial charge is 0.394 e. The third-order valence-electron chi connectivity index (χ3n) is 2.89. The fraction of sp³-hybridized carbons (Fsp3) is 1.00. The van der Waals surface area contributed by atoms with E-state index in [-0.39, 0.29) is 30.3 Å². The quantitative estimate of drug-likeness (QED) is 0.453. The average Bonchev–Trinajstić information content (AvgIpc) is 2.55. The molecule has 2 aliphatic rings. The number of fused-ring (bicyclic) bond motifs is 1. The molecule has 1 aliphatic carbocycles. The molecule has 0 aromatic heterocycles. The van der Waals surface area contributed by atoms with Crippen LogP contribution >= 0.6 is 0 Å². The summed E-state index contributed by atoms with van der Waals surface area (Å²) in [6.45, 7) is 0.551. The summed E-state index contributed by atoms with van der Waals surface area (Å²) in [6.07, 6.45) is 0.947. The Morgan fingerprint density at radius 1 is 1.64 bits per heavy atom. The molecule has 4 heteroatoms. The van der Waals surface area contributed by atoms with Crippen LogP contribution < -0.4 is 11.5 Å². The van der Waals surface area contributed by atoms with Crippen LogP contribution in [0, 0.1) is 5.92 Å². The summed E-state index contributed by atoms with van der Waals surface area (Å²) in [6, 6.07) is 0. The minimum absolute atomic E-state index is 0.0390. The summed E-state index contributed by atoms with van der Waals surface area (Å²) in [4.78, 5) is 0. The normalized spacial score (nSPS) is 54.3. The molecule has 0 aromatic rings. The molecule has 1 heterocycles. The molecule has 11 heavy (non-hydrogen) atoms. The minimum Gasteiger partial charge on any atom is -0.394 e. The second kappa shape index (κ2) is 2.17. The lowest BCUT2D eigenvalue weighted by atomic mass is 9.94. The van der Waals surface area contributed by atoms with Crippen molar-refractivity contribution in [2.75, 3.05) is 13.2 Å². The van der Waals surface area contributed by atoms with Gasteiger partial charge in [-0.05, 0) is 13.0 Å². The number of nitrogens with two attached hydrogens (primary N) is 2. The monoisotopic (exact) mass is 158 g/mol. The highest BCUT2D eigenvalue weighted by Gasteiger charge is 2.65. The van der Waals surface area contributed by atoms with Crippen molar-refractivity contribution in [1.82, 2.24) is 0 Å². The second-order valence-corrected chi connectivity index (χ2v) is 3.50. The molecule has 2 fully saturated rings. The molecule has 1 saturated carbocycles. The van der Waals surface area contributed by atoms with Crippen LogP contribution in [0.25, 0.3) is 0 Å². The summed E-state index contributed by atoms with van der Waals surface area (Å²) in [5.74, 6) is 0.150. The second-order valence-electron chi connectivity index (χ2n) is 3.50. The summed E-state index contributed by atoms with van der Waals surface area (Å²) < 4.78 is 5.44. The van der Waals surface area contributed by atoms with Crippen molar-refractivity contribution in [2.24, 2.45) is 17.4 Å². The highest BCUT2D eigenvalue weighted by molar-refractivity contribution is 5.20. The molecule has 64 valence electrons. The number of ether oxygens (including phenoxy) is 1. The van der Waals surface area contributed by atoms with E-state index < -0.39 is 0 Å². The van der Waals surface area contributed by atoms with E-state index in [2.05, 4.69) is 0 Å². The van der Waals surface area contributed by atoms with Gasteiger partial charge in [0.1, 0.15) is 0 Å². The van der Waals surface area contributed by atoms with Crippen molar-refractivity contribution >= 4 is 0 Å². The van der Waals surface area contributed by atoms with Crippen LogP contribution in [0.3, 0.4) is 0 Å². The van der Waals surface area contributed by atoms with Gasteiger partial charge in [0.05, 0.1) is 24.4 Å². The Bertz CT molecular complexity index is 176. The van der Waals surface area contributed by atoms with Crippen molar-refractivity contribution < 1.29 is 9.84 Å². The molecule has 2 unspecified atom stereocenters. The van der Waals surface area contributed by atoms with Gasteiger partial charge in [0, 0.05) is 5.92 Å². The van der Waals surface area contributed by atoms with E-state index in [1.807, 2.05) is 0 Å². The van der Waals surface area contributed by atoms with Gasteiger partial charge in [-0.1, -0.05) is 0 Å². The molecule has 0 aromatic carbocycles. The van der Waals surface area contributed by atoms with Crippen molar-refractivity contribution in [1.29, 1.82) is 0 Å². The predicted octanol–water partition coefficient (Wildman–Crippen LogP) is -1.58. The summed E-state index contributed by atoms with van der Waals surface area (Å²) in [5.41, 5.74) is 11.3. The third-order valence-corrected chi connectivity index (χ3v) is 2.89. The van der Waals surface area contributed by atoms with Crippen LogP contribution in [0.4, 0.5) is 0 Å². The van der Waals surface area contributed by atoms with Crippen LogP contribution in [0.5, 0.6) is 0 Å². The van der Waals surface area contributed by atoms with Crippen molar-refractivity contribution in [3.8, 4) is 0 Å². The van der Waals surface area contributed by atoms with E-state index in [1.165, 1.54) is 0 Å². The number of aliphatic hydroxyl groups is 1. The maximum absolute atomic E-state index is 8.88. The van der Waals surface area contributed by atoms with Crippen LogP contribution in [0.1, 0.15) is 6.42 Å². The Kier molecular flexibility index (Phi) is 1.47. The Labute approximate surface area is 65.5 Å². The summed E-state index contributed by atoms with van der Waals surface area (Å²) in [5, 5.41) is 8.88. The Balaban J connectivity index is 2.09. The van der Waals surface area contributed by atoms with E-state index in [0.29, 0.717) is 6.54 Å². The first-order chi connectivity index (χ1) is 5.22. The number of aliphatic hydroxyl groups excluding tert-OH is 1. The molecule has 0 radical (unpaired) electrons. The SMILES string of the molecule is NCC1[C@@H](CO)O[C@H]2CC12N. The number of hydrogen-bond acceptors (Lipinski definition) is 4. The predicted molar refractivity (Wildman–Crippen MR) is 39.8 cm³/mol. The van der Waals surface area contributed by atoms with Gasteiger partial charge >= 0.3 is 0 Å². The van der Waals surface area contributed by atoms with E-state index in [0.717, 1.165) is 6.42 Å². The molecule has 0 spiro atoms. The molecule has 4 nitrogen and oxygen atoms in total. The minimum atomic E-state index is -0.206. The zero-order valence-electron chi connectivity index (χ0n) is 6.36. The van der Waals surface area contributed by atoms with Crippen LogP contribution in [0.2, 0.25) is 0 Å². The molecule has 2 rings (SSSR count). The first-order valence-corrected chi connectivity index (χ1v) is 3.97. The molecule has 0 amide bonds. The molecule has 0 bridgehead atoms. The Morgan fingerprint density at radius 2 is 2.36 bits per heavy atom. The fourth-order valence-corrected chi connectivity index (χ4v) is 2.02. The van der Waals surface area contributed by atoms with Gasteiger partial charge in [-0.2, -0.15) is 0 Å². The van der Waals surface area contributed by atoms with Gasteiger partial charge in [-0.25, -0.2) is 0 Å².